The fourth-order valence-electron chi connectivity index (χ4n) is 3.29. The fourth-order valence-corrected chi connectivity index (χ4v) is 3.29. The Hall–Kier alpha value is -2.25. The van der Waals surface area contributed by atoms with Crippen molar-refractivity contribution in [1.29, 1.82) is 0 Å². The first-order chi connectivity index (χ1) is 11.5. The van der Waals surface area contributed by atoms with Gasteiger partial charge < -0.3 is 9.80 Å². The van der Waals surface area contributed by atoms with Crippen LogP contribution in [0.1, 0.15) is 29.8 Å². The van der Waals surface area contributed by atoms with Crippen LogP contribution >= 0.6 is 0 Å². The minimum atomic E-state index is -1.01. The van der Waals surface area contributed by atoms with Crippen molar-refractivity contribution >= 4 is 11.8 Å². The highest BCUT2D eigenvalue weighted by Crippen LogP contribution is 2.28. The molecule has 0 bridgehead atoms. The molecule has 1 aromatic rings. The van der Waals surface area contributed by atoms with Crippen molar-refractivity contribution < 1.29 is 14.0 Å². The number of rotatable bonds is 4. The van der Waals surface area contributed by atoms with Crippen LogP contribution < -0.4 is 0 Å². The summed E-state index contributed by atoms with van der Waals surface area (Å²) in [6.45, 7) is 0.484. The maximum Gasteiger partial charge on any atom is 0.275 e. The largest absolute Gasteiger partial charge is 0.343 e. The third-order valence-corrected chi connectivity index (χ3v) is 4.57. The Balaban J connectivity index is 1.68. The Labute approximate surface area is 140 Å². The van der Waals surface area contributed by atoms with Crippen LogP contribution in [0, 0.1) is 5.92 Å². The standard InChI is InChI=1S/C16H22FN5O2/c1-20(2)16(24)14-10-21(19-18-14)9-13-7-12(17)8-22(13)15(23)11-5-3-4-6-11/h3-4,10-13H,5-9H2,1-2H3/t12-,13-/m0/s1. The van der Waals surface area contributed by atoms with Gasteiger partial charge in [-0.15, -0.1) is 5.10 Å². The maximum absolute atomic E-state index is 13.9. The third-order valence-electron chi connectivity index (χ3n) is 4.57. The number of halogens is 1. The van der Waals surface area contributed by atoms with Gasteiger partial charge in [0.25, 0.3) is 5.91 Å². The minimum Gasteiger partial charge on any atom is -0.343 e. The zero-order valence-electron chi connectivity index (χ0n) is 13.9. The molecule has 3 rings (SSSR count). The van der Waals surface area contributed by atoms with E-state index in [1.807, 2.05) is 12.2 Å². The molecule has 8 heteroatoms. The highest BCUT2D eigenvalue weighted by atomic mass is 19.1. The first-order valence-electron chi connectivity index (χ1n) is 8.17. The zero-order chi connectivity index (χ0) is 17.3. The first-order valence-corrected chi connectivity index (χ1v) is 8.17. The molecule has 130 valence electrons. The van der Waals surface area contributed by atoms with E-state index in [0.29, 0.717) is 13.0 Å². The molecular formula is C16H22FN5O2. The Bertz CT molecular complexity index is 649. The Kier molecular flexibility index (Phi) is 4.64. The number of likely N-dealkylation sites (tertiary alicyclic amines) is 1. The molecule has 1 fully saturated rings. The van der Waals surface area contributed by atoms with Crippen molar-refractivity contribution in [3.05, 3.63) is 24.0 Å². The number of allylic oxidation sites excluding steroid dienone is 2. The van der Waals surface area contributed by atoms with E-state index >= 15 is 0 Å². The molecule has 24 heavy (non-hydrogen) atoms. The molecule has 2 heterocycles. The smallest absolute Gasteiger partial charge is 0.275 e. The van der Waals surface area contributed by atoms with E-state index in [9.17, 15) is 14.0 Å². The fraction of sp³-hybridized carbons (Fsp3) is 0.625. The summed E-state index contributed by atoms with van der Waals surface area (Å²) in [5.74, 6) is -0.296. The maximum atomic E-state index is 13.9. The Morgan fingerprint density at radius 1 is 1.33 bits per heavy atom. The molecular weight excluding hydrogens is 313 g/mol. The number of hydrogen-bond donors (Lipinski definition) is 0. The van der Waals surface area contributed by atoms with Gasteiger partial charge in [0, 0.05) is 26.4 Å². The molecule has 0 spiro atoms. The van der Waals surface area contributed by atoms with Gasteiger partial charge >= 0.3 is 0 Å². The first kappa shape index (κ1) is 16.6. The molecule has 0 saturated carbocycles. The lowest BCUT2D eigenvalue weighted by Crippen LogP contribution is -2.41. The zero-order valence-corrected chi connectivity index (χ0v) is 13.9. The summed E-state index contributed by atoms with van der Waals surface area (Å²) in [6, 6.07) is -0.253. The molecule has 0 N–H and O–H groups in total. The van der Waals surface area contributed by atoms with Crippen LogP contribution in [-0.2, 0) is 11.3 Å². The van der Waals surface area contributed by atoms with E-state index in [0.717, 1.165) is 12.8 Å². The summed E-state index contributed by atoms with van der Waals surface area (Å²) in [4.78, 5) is 27.5. The normalized spacial score (nSPS) is 23.9. The molecule has 2 atom stereocenters. The molecule has 1 saturated heterocycles. The number of alkyl halides is 1. The van der Waals surface area contributed by atoms with Gasteiger partial charge in [-0.25, -0.2) is 9.07 Å². The highest BCUT2D eigenvalue weighted by molar-refractivity contribution is 5.91. The van der Waals surface area contributed by atoms with Gasteiger partial charge in [-0.2, -0.15) is 0 Å². The summed E-state index contributed by atoms with van der Waals surface area (Å²) >= 11 is 0. The van der Waals surface area contributed by atoms with E-state index < -0.39 is 6.17 Å². The average molecular weight is 335 g/mol. The van der Waals surface area contributed by atoms with Gasteiger partial charge in [0.15, 0.2) is 5.69 Å². The van der Waals surface area contributed by atoms with Crippen LogP contribution in [0.15, 0.2) is 18.3 Å². The monoisotopic (exact) mass is 335 g/mol. The molecule has 1 aliphatic heterocycles. The number of hydrogen-bond acceptors (Lipinski definition) is 4. The summed E-state index contributed by atoms with van der Waals surface area (Å²) in [6.07, 6.45) is 6.28. The SMILES string of the molecule is CN(C)C(=O)c1cn(C[C@@H]2C[C@H](F)CN2C(=O)C2CC=CC2)nn1. The van der Waals surface area contributed by atoms with Crippen molar-refractivity contribution in [2.75, 3.05) is 20.6 Å². The minimum absolute atomic E-state index is 0.00913. The number of carbonyl (C=O) groups is 2. The summed E-state index contributed by atoms with van der Waals surface area (Å²) in [5.41, 5.74) is 0.243. The van der Waals surface area contributed by atoms with Gasteiger partial charge in [0.2, 0.25) is 5.91 Å². The van der Waals surface area contributed by atoms with E-state index in [1.54, 1.807) is 25.2 Å². The molecule has 2 amide bonds. The van der Waals surface area contributed by atoms with Gasteiger partial charge in [-0.1, -0.05) is 17.4 Å². The molecule has 1 aromatic heterocycles. The molecule has 0 aromatic carbocycles. The lowest BCUT2D eigenvalue weighted by atomic mass is 10.1. The van der Waals surface area contributed by atoms with E-state index in [-0.39, 0.29) is 36.0 Å². The average Bonchev–Trinajstić information content (AvgIpc) is 3.27. The predicted molar refractivity (Wildman–Crippen MR) is 84.9 cm³/mol. The Morgan fingerprint density at radius 3 is 2.71 bits per heavy atom. The van der Waals surface area contributed by atoms with Crippen molar-refractivity contribution in [3.8, 4) is 0 Å². The molecule has 0 radical (unpaired) electrons. The second kappa shape index (κ2) is 6.70. The second-order valence-corrected chi connectivity index (χ2v) is 6.64. The lowest BCUT2D eigenvalue weighted by Gasteiger charge is -2.26. The molecule has 1 aliphatic carbocycles. The van der Waals surface area contributed by atoms with Gasteiger partial charge in [0.05, 0.1) is 25.3 Å². The quantitative estimate of drug-likeness (QED) is 0.766. The van der Waals surface area contributed by atoms with Crippen LogP contribution in [-0.4, -0.2) is 69.5 Å². The van der Waals surface area contributed by atoms with E-state index in [1.165, 1.54) is 9.58 Å². The molecule has 0 unspecified atom stereocenters. The van der Waals surface area contributed by atoms with Crippen molar-refractivity contribution in [2.45, 2.75) is 38.0 Å². The highest BCUT2D eigenvalue weighted by Gasteiger charge is 2.38. The number of nitrogens with zero attached hydrogens (tertiary/aromatic N) is 5. The van der Waals surface area contributed by atoms with Crippen LogP contribution in [0.3, 0.4) is 0 Å². The summed E-state index contributed by atoms with van der Waals surface area (Å²) < 4.78 is 15.4. The van der Waals surface area contributed by atoms with Gasteiger partial charge in [0.1, 0.15) is 6.17 Å². The van der Waals surface area contributed by atoms with Crippen LogP contribution in [0.4, 0.5) is 4.39 Å². The topological polar surface area (TPSA) is 71.3 Å². The van der Waals surface area contributed by atoms with Crippen LogP contribution in [0.5, 0.6) is 0 Å². The third kappa shape index (κ3) is 3.32. The van der Waals surface area contributed by atoms with Gasteiger partial charge in [-0.05, 0) is 12.8 Å². The van der Waals surface area contributed by atoms with E-state index in [2.05, 4.69) is 10.3 Å². The van der Waals surface area contributed by atoms with Crippen LogP contribution in [0.25, 0.3) is 0 Å². The summed E-state index contributed by atoms with van der Waals surface area (Å²) in [5, 5.41) is 7.81. The predicted octanol–water partition coefficient (Wildman–Crippen LogP) is 0.885. The van der Waals surface area contributed by atoms with Crippen molar-refractivity contribution in [1.82, 2.24) is 24.8 Å². The second-order valence-electron chi connectivity index (χ2n) is 6.64. The van der Waals surface area contributed by atoms with Gasteiger partial charge in [-0.3, -0.25) is 9.59 Å². The van der Waals surface area contributed by atoms with Crippen molar-refractivity contribution in [3.63, 3.8) is 0 Å². The van der Waals surface area contributed by atoms with E-state index in [4.69, 9.17) is 0 Å². The number of carbonyl (C=O) groups excluding carboxylic acids is 2. The number of amides is 2. The van der Waals surface area contributed by atoms with Crippen LogP contribution in [0.2, 0.25) is 0 Å². The Morgan fingerprint density at radius 2 is 2.04 bits per heavy atom. The lowest BCUT2D eigenvalue weighted by molar-refractivity contribution is -0.136. The summed E-state index contributed by atoms with van der Waals surface area (Å²) in [7, 11) is 3.28. The molecule has 2 aliphatic rings. The van der Waals surface area contributed by atoms with Crippen molar-refractivity contribution in [2.24, 2.45) is 5.92 Å². The number of aromatic nitrogens is 3. The molecule has 7 nitrogen and oxygen atoms in total.